The number of carbonyl (C=O) groups is 1. The number of anilines is 1. The molecule has 4 rings (SSSR count). The van der Waals surface area contributed by atoms with Gasteiger partial charge in [-0.25, -0.2) is 8.42 Å². The molecule has 2 heterocycles. The van der Waals surface area contributed by atoms with E-state index in [1.807, 2.05) is 0 Å². The highest BCUT2D eigenvalue weighted by Crippen LogP contribution is 2.32. The Balaban J connectivity index is 1.39. The number of amides is 1. The molecule has 1 N–H and O–H groups in total. The smallest absolute Gasteiger partial charge is 0.243 e. The molecule has 8 heteroatoms. The minimum absolute atomic E-state index is 0.165. The summed E-state index contributed by atoms with van der Waals surface area (Å²) in [6.45, 7) is 4.76. The maximum atomic E-state index is 12.8. The zero-order valence-corrected chi connectivity index (χ0v) is 20.0. The first-order valence-electron chi connectivity index (χ1n) is 11.2. The van der Waals surface area contributed by atoms with Gasteiger partial charge in [-0.1, -0.05) is 41.4 Å². The van der Waals surface area contributed by atoms with Crippen molar-refractivity contribution in [2.75, 3.05) is 31.5 Å². The first-order chi connectivity index (χ1) is 15.3. The van der Waals surface area contributed by atoms with Crippen LogP contribution in [-0.4, -0.2) is 49.7 Å². The van der Waals surface area contributed by atoms with Crippen molar-refractivity contribution in [1.29, 1.82) is 0 Å². The number of likely N-dealkylation sites (tertiary alicyclic amines) is 1. The number of hydrogen-bond donors (Lipinski definition) is 1. The van der Waals surface area contributed by atoms with Crippen molar-refractivity contribution in [3.8, 4) is 0 Å². The maximum absolute atomic E-state index is 12.8. The van der Waals surface area contributed by atoms with Gasteiger partial charge >= 0.3 is 0 Å². The summed E-state index contributed by atoms with van der Waals surface area (Å²) in [6, 6.07) is 13.4. The van der Waals surface area contributed by atoms with Gasteiger partial charge in [-0.3, -0.25) is 9.69 Å². The zero-order chi connectivity index (χ0) is 22.7. The Bertz CT molecular complexity index is 1070. The van der Waals surface area contributed by atoms with Crippen LogP contribution in [0.5, 0.6) is 0 Å². The fourth-order valence-corrected chi connectivity index (χ4v) is 6.26. The van der Waals surface area contributed by atoms with E-state index in [2.05, 4.69) is 41.4 Å². The average molecular weight is 476 g/mol. The molecule has 1 unspecified atom stereocenters. The lowest BCUT2D eigenvalue weighted by Crippen LogP contribution is -2.28. The van der Waals surface area contributed by atoms with Crippen molar-refractivity contribution in [3.63, 3.8) is 0 Å². The lowest BCUT2D eigenvalue weighted by molar-refractivity contribution is -0.116. The largest absolute Gasteiger partial charge is 0.325 e. The summed E-state index contributed by atoms with van der Waals surface area (Å²) in [5.41, 5.74) is 2.87. The molecule has 2 aliphatic heterocycles. The fourth-order valence-electron chi connectivity index (χ4n) is 4.56. The van der Waals surface area contributed by atoms with Gasteiger partial charge in [-0.15, -0.1) is 0 Å². The Kier molecular flexibility index (Phi) is 7.20. The number of halogens is 1. The first kappa shape index (κ1) is 23.2. The second-order valence-corrected chi connectivity index (χ2v) is 11.0. The Morgan fingerprint density at radius 1 is 1.06 bits per heavy atom. The van der Waals surface area contributed by atoms with Crippen LogP contribution in [-0.2, 0) is 14.8 Å². The van der Waals surface area contributed by atoms with E-state index >= 15 is 0 Å². The summed E-state index contributed by atoms with van der Waals surface area (Å²) >= 11 is 6.26. The number of benzene rings is 2. The Morgan fingerprint density at radius 2 is 1.78 bits per heavy atom. The minimum Gasteiger partial charge on any atom is -0.325 e. The third-order valence-electron chi connectivity index (χ3n) is 6.37. The summed E-state index contributed by atoms with van der Waals surface area (Å²) in [4.78, 5) is 15.2. The van der Waals surface area contributed by atoms with Crippen LogP contribution in [0.15, 0.2) is 47.4 Å². The Labute approximate surface area is 195 Å². The molecule has 2 aliphatic rings. The van der Waals surface area contributed by atoms with Crippen LogP contribution in [0.1, 0.15) is 49.3 Å². The number of rotatable bonds is 7. The van der Waals surface area contributed by atoms with Crippen molar-refractivity contribution in [2.24, 2.45) is 0 Å². The van der Waals surface area contributed by atoms with Crippen molar-refractivity contribution in [1.82, 2.24) is 9.21 Å². The molecule has 32 heavy (non-hydrogen) atoms. The molecular formula is C24H30ClN3O3S. The fraction of sp³-hybridized carbons (Fsp3) is 0.458. The monoisotopic (exact) mass is 475 g/mol. The first-order valence-corrected chi connectivity index (χ1v) is 13.1. The molecule has 2 fully saturated rings. The van der Waals surface area contributed by atoms with Crippen LogP contribution in [0.2, 0.25) is 5.02 Å². The SMILES string of the molecule is Cc1ccc(C2CCCN2CCC(=O)Nc2cc(S(=O)(=O)N3CCCC3)ccc2Cl)cc1. The van der Waals surface area contributed by atoms with E-state index < -0.39 is 10.0 Å². The molecule has 0 radical (unpaired) electrons. The topological polar surface area (TPSA) is 69.7 Å². The number of nitrogens with zero attached hydrogens (tertiary/aromatic N) is 2. The molecule has 2 saturated heterocycles. The number of aryl methyl sites for hydroxylation is 1. The van der Waals surface area contributed by atoms with Crippen LogP contribution < -0.4 is 5.32 Å². The van der Waals surface area contributed by atoms with E-state index in [9.17, 15) is 13.2 Å². The van der Waals surface area contributed by atoms with Gasteiger partial charge in [0.25, 0.3) is 0 Å². The third kappa shape index (κ3) is 5.17. The van der Waals surface area contributed by atoms with Crippen LogP contribution >= 0.6 is 11.6 Å². The standard InChI is InChI=1S/C24H30ClN3O3S/c1-18-6-8-19(9-7-18)23-5-4-13-27(23)16-12-24(29)26-22-17-20(10-11-21(22)25)32(30,31)28-14-2-3-15-28/h6-11,17,23H,2-5,12-16H2,1H3,(H,26,29). The highest BCUT2D eigenvalue weighted by molar-refractivity contribution is 7.89. The van der Waals surface area contributed by atoms with Gasteiger partial charge in [0.05, 0.1) is 15.6 Å². The van der Waals surface area contributed by atoms with Gasteiger partial charge in [0.1, 0.15) is 0 Å². The van der Waals surface area contributed by atoms with Crippen molar-refractivity contribution in [2.45, 2.75) is 50.0 Å². The normalized spacial score (nSPS) is 20.0. The van der Waals surface area contributed by atoms with Crippen LogP contribution in [0.4, 0.5) is 5.69 Å². The summed E-state index contributed by atoms with van der Waals surface area (Å²) in [5, 5.41) is 3.15. The predicted molar refractivity (Wildman–Crippen MR) is 127 cm³/mol. The average Bonchev–Trinajstić information content (AvgIpc) is 3.47. The van der Waals surface area contributed by atoms with Gasteiger partial charge in [0.15, 0.2) is 0 Å². The maximum Gasteiger partial charge on any atom is 0.243 e. The predicted octanol–water partition coefficient (Wildman–Crippen LogP) is 4.60. The highest BCUT2D eigenvalue weighted by atomic mass is 35.5. The summed E-state index contributed by atoms with van der Waals surface area (Å²) in [6.07, 6.45) is 4.27. The Hall–Kier alpha value is -1.93. The third-order valence-corrected chi connectivity index (χ3v) is 8.59. The van der Waals surface area contributed by atoms with E-state index in [1.54, 1.807) is 0 Å². The van der Waals surface area contributed by atoms with E-state index in [0.717, 1.165) is 32.2 Å². The van der Waals surface area contributed by atoms with E-state index in [4.69, 9.17) is 11.6 Å². The number of carbonyl (C=O) groups excluding carboxylic acids is 1. The summed E-state index contributed by atoms with van der Waals surface area (Å²) in [5.74, 6) is -0.169. The van der Waals surface area contributed by atoms with Gasteiger partial charge < -0.3 is 5.32 Å². The van der Waals surface area contributed by atoms with Crippen LogP contribution in [0, 0.1) is 6.92 Å². The molecule has 2 aromatic rings. The number of hydrogen-bond acceptors (Lipinski definition) is 4. The number of nitrogens with one attached hydrogen (secondary N) is 1. The summed E-state index contributed by atoms with van der Waals surface area (Å²) in [7, 11) is -3.56. The highest BCUT2D eigenvalue weighted by Gasteiger charge is 2.28. The molecule has 0 aliphatic carbocycles. The van der Waals surface area contributed by atoms with Gasteiger partial charge in [-0.2, -0.15) is 4.31 Å². The van der Waals surface area contributed by atoms with Crippen LogP contribution in [0.25, 0.3) is 0 Å². The molecule has 0 spiro atoms. The van der Waals surface area contributed by atoms with Crippen molar-refractivity contribution >= 4 is 33.2 Å². The van der Waals surface area contributed by atoms with Crippen molar-refractivity contribution < 1.29 is 13.2 Å². The quantitative estimate of drug-likeness (QED) is 0.635. The molecule has 0 saturated carbocycles. The number of sulfonamides is 1. The molecule has 172 valence electrons. The van der Waals surface area contributed by atoms with Gasteiger partial charge in [-0.05, 0) is 62.9 Å². The lowest BCUT2D eigenvalue weighted by Gasteiger charge is -2.24. The van der Waals surface area contributed by atoms with E-state index in [-0.39, 0.29) is 10.8 Å². The second kappa shape index (κ2) is 9.91. The zero-order valence-electron chi connectivity index (χ0n) is 18.4. The van der Waals surface area contributed by atoms with Crippen LogP contribution in [0.3, 0.4) is 0 Å². The lowest BCUT2D eigenvalue weighted by atomic mass is 10.0. The molecule has 2 aromatic carbocycles. The minimum atomic E-state index is -3.56. The molecular weight excluding hydrogens is 446 g/mol. The molecule has 0 aromatic heterocycles. The molecule has 6 nitrogen and oxygen atoms in total. The summed E-state index contributed by atoms with van der Waals surface area (Å²) < 4.78 is 27.2. The Morgan fingerprint density at radius 3 is 2.50 bits per heavy atom. The van der Waals surface area contributed by atoms with E-state index in [0.29, 0.717) is 42.8 Å². The second-order valence-electron chi connectivity index (χ2n) is 8.66. The van der Waals surface area contributed by atoms with Gasteiger partial charge in [0, 0.05) is 32.1 Å². The van der Waals surface area contributed by atoms with Gasteiger partial charge in [0.2, 0.25) is 15.9 Å². The molecule has 0 bridgehead atoms. The van der Waals surface area contributed by atoms with E-state index in [1.165, 1.54) is 33.6 Å². The molecule has 1 atom stereocenters. The molecule has 1 amide bonds. The van der Waals surface area contributed by atoms with Crippen molar-refractivity contribution in [3.05, 3.63) is 58.6 Å².